The fraction of sp³-hybridized carbons (Fsp3) is 0.667. The maximum absolute atomic E-state index is 11.9. The molecule has 0 aromatic heterocycles. The zero-order chi connectivity index (χ0) is 20.5. The largest absolute Gasteiger partial charge is 0.369 e. The van der Waals surface area contributed by atoms with E-state index in [1.165, 1.54) is 37.1 Å². The van der Waals surface area contributed by atoms with E-state index in [0.717, 1.165) is 44.9 Å². The number of aryl methyl sites for hydroxylation is 1. The second-order valence-corrected chi connectivity index (χ2v) is 8.75. The highest BCUT2D eigenvalue weighted by molar-refractivity contribution is 5.76. The maximum atomic E-state index is 11.9. The van der Waals surface area contributed by atoms with Crippen molar-refractivity contribution in [2.75, 3.05) is 37.6 Å². The Morgan fingerprint density at radius 2 is 1.93 bits per heavy atom. The summed E-state index contributed by atoms with van der Waals surface area (Å²) in [6.07, 6.45) is 7.59. The molecule has 2 aliphatic rings. The Hall–Kier alpha value is -2.06. The summed E-state index contributed by atoms with van der Waals surface area (Å²) in [6, 6.07) is 11.3. The van der Waals surface area contributed by atoms with Gasteiger partial charge in [0.05, 0.1) is 6.07 Å². The van der Waals surface area contributed by atoms with E-state index in [2.05, 4.69) is 52.4 Å². The lowest BCUT2D eigenvalue weighted by atomic mass is 9.84. The van der Waals surface area contributed by atoms with E-state index < -0.39 is 0 Å². The molecule has 1 saturated carbocycles. The molecule has 2 fully saturated rings. The molecule has 5 heteroatoms. The molecule has 158 valence electrons. The van der Waals surface area contributed by atoms with Crippen LogP contribution in [0.25, 0.3) is 0 Å². The first-order chi connectivity index (χ1) is 14.1. The summed E-state index contributed by atoms with van der Waals surface area (Å²) in [5, 5.41) is 11.7. The number of nitrogens with zero attached hydrogens (tertiary/aromatic N) is 3. The highest BCUT2D eigenvalue weighted by Gasteiger charge is 2.24. The van der Waals surface area contributed by atoms with Gasteiger partial charge in [-0.05, 0) is 75.6 Å². The third-order valence-electron chi connectivity index (χ3n) is 6.50. The SMILES string of the molecule is Cc1cccc(N2CCN(CC[C@H]3CC[C@H](NC(=O)CCCC#N)CC3)CC2)c1. The van der Waals surface area contributed by atoms with Crippen molar-refractivity contribution >= 4 is 11.6 Å². The minimum atomic E-state index is 0.121. The Kier molecular flexibility index (Phi) is 8.37. The van der Waals surface area contributed by atoms with Crippen LogP contribution in [-0.2, 0) is 4.79 Å². The lowest BCUT2D eigenvalue weighted by Gasteiger charge is -2.37. The van der Waals surface area contributed by atoms with Crippen molar-refractivity contribution < 1.29 is 4.79 Å². The van der Waals surface area contributed by atoms with Gasteiger partial charge in [0.1, 0.15) is 0 Å². The number of carbonyl (C=O) groups excluding carboxylic acids is 1. The monoisotopic (exact) mass is 396 g/mol. The van der Waals surface area contributed by atoms with Crippen LogP contribution in [0.2, 0.25) is 0 Å². The molecule has 3 rings (SSSR count). The number of anilines is 1. The van der Waals surface area contributed by atoms with Gasteiger partial charge in [0.25, 0.3) is 0 Å². The zero-order valence-electron chi connectivity index (χ0n) is 17.9. The van der Waals surface area contributed by atoms with Gasteiger partial charge in [0.15, 0.2) is 0 Å². The van der Waals surface area contributed by atoms with E-state index in [1.54, 1.807) is 0 Å². The molecule has 1 N–H and O–H groups in total. The van der Waals surface area contributed by atoms with Gasteiger partial charge in [0.2, 0.25) is 5.91 Å². The van der Waals surface area contributed by atoms with Crippen LogP contribution in [0.15, 0.2) is 24.3 Å². The number of benzene rings is 1. The van der Waals surface area contributed by atoms with Crippen LogP contribution in [-0.4, -0.2) is 49.6 Å². The van der Waals surface area contributed by atoms with Crippen LogP contribution in [0.1, 0.15) is 56.9 Å². The quantitative estimate of drug-likeness (QED) is 0.678. The average molecular weight is 397 g/mol. The molecule has 1 aliphatic carbocycles. The first-order valence-electron chi connectivity index (χ1n) is 11.3. The van der Waals surface area contributed by atoms with E-state index >= 15 is 0 Å². The van der Waals surface area contributed by atoms with Crippen LogP contribution in [0.4, 0.5) is 5.69 Å². The smallest absolute Gasteiger partial charge is 0.220 e. The second-order valence-electron chi connectivity index (χ2n) is 8.75. The predicted molar refractivity (Wildman–Crippen MR) is 118 cm³/mol. The standard InChI is InChI=1S/C24H36N4O/c1-20-5-4-6-23(19-20)28-17-15-27(16-18-28)14-12-21-8-10-22(11-9-21)26-24(29)7-2-3-13-25/h4-6,19,21-22H,2-3,7-12,14-18H2,1H3,(H,26,29)/t21-,22-. The van der Waals surface area contributed by atoms with Gasteiger partial charge in [-0.2, -0.15) is 5.26 Å². The van der Waals surface area contributed by atoms with E-state index in [1.807, 2.05) is 0 Å². The van der Waals surface area contributed by atoms with Crippen LogP contribution in [0.3, 0.4) is 0 Å². The Bertz CT molecular complexity index is 682. The van der Waals surface area contributed by atoms with E-state index in [9.17, 15) is 4.79 Å². The van der Waals surface area contributed by atoms with E-state index in [0.29, 0.717) is 25.3 Å². The fourth-order valence-corrected chi connectivity index (χ4v) is 4.64. The molecule has 1 saturated heterocycles. The van der Waals surface area contributed by atoms with Crippen molar-refractivity contribution in [3.63, 3.8) is 0 Å². The van der Waals surface area contributed by atoms with Gasteiger partial charge in [0, 0.05) is 50.7 Å². The molecule has 0 spiro atoms. The summed E-state index contributed by atoms with van der Waals surface area (Å²) in [6.45, 7) is 7.92. The summed E-state index contributed by atoms with van der Waals surface area (Å²) < 4.78 is 0. The van der Waals surface area contributed by atoms with Gasteiger partial charge in [-0.1, -0.05) is 12.1 Å². The van der Waals surface area contributed by atoms with Crippen LogP contribution in [0.5, 0.6) is 0 Å². The van der Waals surface area contributed by atoms with Crippen molar-refractivity contribution in [1.82, 2.24) is 10.2 Å². The molecule has 0 unspecified atom stereocenters. The average Bonchev–Trinajstić information content (AvgIpc) is 2.74. The Labute approximate surface area is 176 Å². The van der Waals surface area contributed by atoms with Crippen LogP contribution in [0, 0.1) is 24.2 Å². The minimum absolute atomic E-state index is 0.121. The number of unbranched alkanes of at least 4 members (excludes halogenated alkanes) is 1. The van der Waals surface area contributed by atoms with Crippen molar-refractivity contribution in [1.29, 1.82) is 5.26 Å². The van der Waals surface area contributed by atoms with Crippen LogP contribution < -0.4 is 10.2 Å². The minimum Gasteiger partial charge on any atom is -0.369 e. The van der Waals surface area contributed by atoms with Gasteiger partial charge < -0.3 is 10.2 Å². The lowest BCUT2D eigenvalue weighted by Crippen LogP contribution is -2.47. The van der Waals surface area contributed by atoms with Crippen LogP contribution >= 0.6 is 0 Å². The summed E-state index contributed by atoms with van der Waals surface area (Å²) in [5.74, 6) is 0.923. The third kappa shape index (κ3) is 7.04. The highest BCUT2D eigenvalue weighted by Crippen LogP contribution is 2.27. The van der Waals surface area contributed by atoms with Gasteiger partial charge in [-0.15, -0.1) is 0 Å². The van der Waals surface area contributed by atoms with Crippen molar-refractivity contribution in [3.8, 4) is 6.07 Å². The highest BCUT2D eigenvalue weighted by atomic mass is 16.1. The molecule has 1 heterocycles. The van der Waals surface area contributed by atoms with Gasteiger partial charge in [-0.25, -0.2) is 0 Å². The first-order valence-corrected chi connectivity index (χ1v) is 11.3. The molecule has 5 nitrogen and oxygen atoms in total. The van der Waals surface area contributed by atoms with E-state index in [-0.39, 0.29) is 5.91 Å². The number of nitrogens with one attached hydrogen (secondary N) is 1. The molecule has 29 heavy (non-hydrogen) atoms. The lowest BCUT2D eigenvalue weighted by molar-refractivity contribution is -0.122. The van der Waals surface area contributed by atoms with Crippen molar-refractivity contribution in [2.24, 2.45) is 5.92 Å². The van der Waals surface area contributed by atoms with Crippen molar-refractivity contribution in [2.45, 2.75) is 64.3 Å². The summed E-state index contributed by atoms with van der Waals surface area (Å²) in [7, 11) is 0. The molecule has 1 aromatic rings. The van der Waals surface area contributed by atoms with E-state index in [4.69, 9.17) is 5.26 Å². The maximum Gasteiger partial charge on any atom is 0.220 e. The molecule has 1 aromatic carbocycles. The normalized spacial score (nSPS) is 22.8. The summed E-state index contributed by atoms with van der Waals surface area (Å²) >= 11 is 0. The number of nitriles is 1. The molecule has 0 bridgehead atoms. The Morgan fingerprint density at radius 3 is 2.62 bits per heavy atom. The number of carbonyl (C=O) groups is 1. The number of hydrogen-bond donors (Lipinski definition) is 1. The fourth-order valence-electron chi connectivity index (χ4n) is 4.64. The molecule has 0 atom stereocenters. The Balaban J connectivity index is 1.29. The van der Waals surface area contributed by atoms with Crippen molar-refractivity contribution in [3.05, 3.63) is 29.8 Å². The predicted octanol–water partition coefficient (Wildman–Crippen LogP) is 3.88. The second kappa shape index (κ2) is 11.2. The molecular weight excluding hydrogens is 360 g/mol. The Morgan fingerprint density at radius 1 is 1.17 bits per heavy atom. The van der Waals surface area contributed by atoms with Gasteiger partial charge in [-0.3, -0.25) is 9.69 Å². The van der Waals surface area contributed by atoms with Gasteiger partial charge >= 0.3 is 0 Å². The molecule has 1 aliphatic heterocycles. The number of hydrogen-bond acceptors (Lipinski definition) is 4. The number of rotatable bonds is 8. The number of piperazine rings is 1. The molecular formula is C24H36N4O. The topological polar surface area (TPSA) is 59.4 Å². The zero-order valence-corrected chi connectivity index (χ0v) is 17.9. The first kappa shape index (κ1) is 21.6. The summed E-state index contributed by atoms with van der Waals surface area (Å²) in [4.78, 5) is 17.0. The summed E-state index contributed by atoms with van der Waals surface area (Å²) in [5.41, 5.74) is 2.69. The molecule has 1 amide bonds. The molecule has 0 radical (unpaired) electrons. The third-order valence-corrected chi connectivity index (χ3v) is 6.50. The number of amides is 1.